The van der Waals surface area contributed by atoms with E-state index in [0.717, 1.165) is 30.6 Å². The van der Waals surface area contributed by atoms with Gasteiger partial charge in [-0.3, -0.25) is 4.79 Å². The fourth-order valence-electron chi connectivity index (χ4n) is 5.05. The van der Waals surface area contributed by atoms with E-state index in [-0.39, 0.29) is 16.6 Å². The molecule has 0 bridgehead atoms. The monoisotopic (exact) mass is 308 g/mol. The molecule has 1 aromatic carbocycles. The van der Waals surface area contributed by atoms with Gasteiger partial charge in [0, 0.05) is 16.4 Å². The third kappa shape index (κ3) is 1.62. The van der Waals surface area contributed by atoms with Gasteiger partial charge in [0.1, 0.15) is 5.76 Å². The SMILES string of the molecule is COC1=CC2=CC(=O)[C@@]3(C)CCC[C@@]23c2ccc(C(C)C)cc21. The fraction of sp³-hybridized carbons (Fsp3) is 0.476. The van der Waals surface area contributed by atoms with Crippen LogP contribution < -0.4 is 0 Å². The van der Waals surface area contributed by atoms with E-state index in [1.54, 1.807) is 7.11 Å². The highest BCUT2D eigenvalue weighted by Crippen LogP contribution is 2.65. The van der Waals surface area contributed by atoms with Gasteiger partial charge in [0.05, 0.1) is 7.11 Å². The first kappa shape index (κ1) is 14.7. The molecule has 0 aliphatic heterocycles. The summed E-state index contributed by atoms with van der Waals surface area (Å²) in [5, 5.41) is 0. The Morgan fingerprint density at radius 2 is 1.96 bits per heavy atom. The number of benzene rings is 1. The standard InChI is InChI=1S/C21H24O2/c1-13(2)14-6-7-17-16(10-14)18(23-4)11-15-12-19(22)20(3)8-5-9-21(15,17)20/h6-7,10-13H,5,8-9H2,1-4H3/t20-,21+/m1/s1. The summed E-state index contributed by atoms with van der Waals surface area (Å²) < 4.78 is 5.68. The van der Waals surface area contributed by atoms with E-state index in [1.165, 1.54) is 16.7 Å². The minimum Gasteiger partial charge on any atom is -0.496 e. The van der Waals surface area contributed by atoms with Crippen molar-refractivity contribution in [2.24, 2.45) is 5.41 Å². The van der Waals surface area contributed by atoms with E-state index in [9.17, 15) is 4.79 Å². The molecule has 23 heavy (non-hydrogen) atoms. The molecule has 0 unspecified atom stereocenters. The average Bonchev–Trinajstić information content (AvgIpc) is 2.98. The van der Waals surface area contributed by atoms with E-state index < -0.39 is 0 Å². The molecule has 3 aliphatic rings. The van der Waals surface area contributed by atoms with Gasteiger partial charge < -0.3 is 4.74 Å². The van der Waals surface area contributed by atoms with Crippen molar-refractivity contribution in [3.05, 3.63) is 52.6 Å². The number of fused-ring (bicyclic) bond motifs is 1. The number of hydrogen-bond donors (Lipinski definition) is 0. The summed E-state index contributed by atoms with van der Waals surface area (Å²) in [6, 6.07) is 6.76. The van der Waals surface area contributed by atoms with E-state index in [2.05, 4.69) is 45.0 Å². The van der Waals surface area contributed by atoms with Gasteiger partial charge in [-0.1, -0.05) is 39.3 Å². The van der Waals surface area contributed by atoms with Crippen molar-refractivity contribution < 1.29 is 9.53 Å². The normalized spacial score (nSPS) is 31.4. The van der Waals surface area contributed by atoms with E-state index >= 15 is 0 Å². The number of methoxy groups -OCH3 is 1. The molecule has 0 heterocycles. The van der Waals surface area contributed by atoms with Crippen LogP contribution in [-0.2, 0) is 14.9 Å². The Kier molecular flexibility index (Phi) is 2.94. The smallest absolute Gasteiger partial charge is 0.163 e. The second kappa shape index (κ2) is 4.59. The zero-order valence-corrected chi connectivity index (χ0v) is 14.4. The van der Waals surface area contributed by atoms with Gasteiger partial charge in [-0.05, 0) is 53.7 Å². The van der Waals surface area contributed by atoms with Crippen molar-refractivity contribution >= 4 is 11.5 Å². The molecule has 0 radical (unpaired) electrons. The first-order valence-electron chi connectivity index (χ1n) is 8.61. The number of carbonyl (C=O) groups excluding carboxylic acids is 1. The summed E-state index contributed by atoms with van der Waals surface area (Å²) in [7, 11) is 1.72. The van der Waals surface area contributed by atoms with Crippen LogP contribution in [0.4, 0.5) is 0 Å². The molecule has 0 saturated heterocycles. The quantitative estimate of drug-likeness (QED) is 0.788. The van der Waals surface area contributed by atoms with Crippen LogP contribution in [-0.4, -0.2) is 12.9 Å². The van der Waals surface area contributed by atoms with Crippen LogP contribution >= 0.6 is 0 Å². The summed E-state index contributed by atoms with van der Waals surface area (Å²) in [6.07, 6.45) is 7.13. The lowest BCUT2D eigenvalue weighted by Crippen LogP contribution is -2.42. The molecule has 1 saturated carbocycles. The maximum Gasteiger partial charge on any atom is 0.163 e. The fourth-order valence-corrected chi connectivity index (χ4v) is 5.05. The molecule has 120 valence electrons. The maximum atomic E-state index is 12.8. The average molecular weight is 308 g/mol. The number of rotatable bonds is 2. The molecular weight excluding hydrogens is 284 g/mol. The second-order valence-corrected chi connectivity index (χ2v) is 7.73. The van der Waals surface area contributed by atoms with Crippen molar-refractivity contribution in [1.29, 1.82) is 0 Å². The third-order valence-electron chi connectivity index (χ3n) is 6.44. The predicted molar refractivity (Wildman–Crippen MR) is 92.2 cm³/mol. The van der Waals surface area contributed by atoms with Crippen LogP contribution in [0.2, 0.25) is 0 Å². The lowest BCUT2D eigenvalue weighted by molar-refractivity contribution is -0.123. The summed E-state index contributed by atoms with van der Waals surface area (Å²) in [6.45, 7) is 6.59. The highest BCUT2D eigenvalue weighted by molar-refractivity contribution is 6.03. The highest BCUT2D eigenvalue weighted by atomic mass is 16.5. The molecule has 2 atom stereocenters. The molecule has 2 nitrogen and oxygen atoms in total. The van der Waals surface area contributed by atoms with Gasteiger partial charge in [0.25, 0.3) is 0 Å². The Morgan fingerprint density at radius 1 is 1.17 bits per heavy atom. The summed E-state index contributed by atoms with van der Waals surface area (Å²) in [5.74, 6) is 1.66. The Morgan fingerprint density at radius 3 is 2.65 bits per heavy atom. The van der Waals surface area contributed by atoms with Crippen LogP contribution in [0, 0.1) is 5.41 Å². The third-order valence-corrected chi connectivity index (χ3v) is 6.44. The number of allylic oxidation sites excluding steroid dienone is 3. The molecule has 1 aromatic rings. The Balaban J connectivity index is 2.02. The van der Waals surface area contributed by atoms with Crippen molar-refractivity contribution in [3.8, 4) is 0 Å². The zero-order valence-electron chi connectivity index (χ0n) is 14.4. The van der Waals surface area contributed by atoms with Gasteiger partial charge >= 0.3 is 0 Å². The van der Waals surface area contributed by atoms with Crippen molar-refractivity contribution in [1.82, 2.24) is 0 Å². The first-order chi connectivity index (χ1) is 10.9. The molecule has 3 aliphatic carbocycles. The molecule has 0 N–H and O–H groups in total. The number of hydrogen-bond acceptors (Lipinski definition) is 2. The van der Waals surface area contributed by atoms with Crippen LogP contribution in [0.1, 0.15) is 62.6 Å². The Hall–Kier alpha value is -1.83. The summed E-state index contributed by atoms with van der Waals surface area (Å²) in [4.78, 5) is 12.8. The lowest BCUT2D eigenvalue weighted by Gasteiger charge is -2.43. The Labute approximate surface area is 138 Å². The summed E-state index contributed by atoms with van der Waals surface area (Å²) >= 11 is 0. The number of ether oxygens (including phenoxy) is 1. The second-order valence-electron chi connectivity index (χ2n) is 7.73. The van der Waals surface area contributed by atoms with Gasteiger partial charge in [0.15, 0.2) is 5.78 Å². The van der Waals surface area contributed by atoms with Crippen LogP contribution in [0.15, 0.2) is 35.9 Å². The largest absolute Gasteiger partial charge is 0.496 e. The van der Waals surface area contributed by atoms with Crippen molar-refractivity contribution in [3.63, 3.8) is 0 Å². The highest BCUT2D eigenvalue weighted by Gasteiger charge is 2.63. The minimum atomic E-state index is -0.286. The van der Waals surface area contributed by atoms with Gasteiger partial charge in [-0.2, -0.15) is 0 Å². The zero-order chi connectivity index (χ0) is 16.4. The molecule has 4 rings (SSSR count). The van der Waals surface area contributed by atoms with Crippen molar-refractivity contribution in [2.75, 3.05) is 7.11 Å². The number of ketones is 1. The molecule has 2 heteroatoms. The van der Waals surface area contributed by atoms with Gasteiger partial charge in [-0.15, -0.1) is 0 Å². The minimum absolute atomic E-state index is 0.142. The summed E-state index contributed by atoms with van der Waals surface area (Å²) in [5.41, 5.74) is 4.52. The maximum absolute atomic E-state index is 12.8. The molecule has 0 aromatic heterocycles. The van der Waals surface area contributed by atoms with Gasteiger partial charge in [0.2, 0.25) is 0 Å². The molecule has 1 spiro atoms. The molecule has 1 fully saturated rings. The lowest BCUT2D eigenvalue weighted by atomic mass is 9.59. The van der Waals surface area contributed by atoms with Crippen molar-refractivity contribution in [2.45, 2.75) is 51.4 Å². The Bertz CT molecular complexity index is 768. The first-order valence-corrected chi connectivity index (χ1v) is 8.61. The topological polar surface area (TPSA) is 26.3 Å². The molecular formula is C21H24O2. The van der Waals surface area contributed by atoms with Gasteiger partial charge in [-0.25, -0.2) is 0 Å². The predicted octanol–water partition coefficient (Wildman–Crippen LogP) is 4.75. The van der Waals surface area contributed by atoms with E-state index in [1.807, 2.05) is 6.08 Å². The molecule has 0 amide bonds. The van der Waals surface area contributed by atoms with Crippen LogP contribution in [0.5, 0.6) is 0 Å². The number of carbonyl (C=O) groups is 1. The van der Waals surface area contributed by atoms with E-state index in [4.69, 9.17) is 4.74 Å². The van der Waals surface area contributed by atoms with Crippen LogP contribution in [0.25, 0.3) is 5.76 Å². The van der Waals surface area contributed by atoms with Crippen LogP contribution in [0.3, 0.4) is 0 Å². The van der Waals surface area contributed by atoms with E-state index in [0.29, 0.717) is 5.92 Å².